The molecular formula is C58H28F12O2. The fraction of sp³-hybridized carbons (Fsp3) is 0.0690. The molecule has 0 saturated heterocycles. The highest BCUT2D eigenvalue weighted by atomic mass is 19.4. The van der Waals surface area contributed by atoms with Crippen molar-refractivity contribution in [2.75, 3.05) is 0 Å². The molecule has 1 aliphatic carbocycles. The summed E-state index contributed by atoms with van der Waals surface area (Å²) >= 11 is 0. The van der Waals surface area contributed by atoms with Crippen LogP contribution in [0.3, 0.4) is 0 Å². The van der Waals surface area contributed by atoms with E-state index in [4.69, 9.17) is 0 Å². The van der Waals surface area contributed by atoms with Gasteiger partial charge in [-0.05, 0) is 160 Å². The zero-order valence-electron chi connectivity index (χ0n) is 36.5. The topological polar surface area (TPSA) is 34.1 Å². The van der Waals surface area contributed by atoms with Crippen molar-refractivity contribution in [3.05, 3.63) is 214 Å². The number of hydrogen-bond donors (Lipinski definition) is 0. The third-order valence-electron chi connectivity index (χ3n) is 13.3. The number of rotatable bonds is 4. The summed E-state index contributed by atoms with van der Waals surface area (Å²) < 4.78 is 166. The number of fused-ring (bicyclic) bond motifs is 6. The average molecular weight is 985 g/mol. The van der Waals surface area contributed by atoms with E-state index in [1.54, 1.807) is 48.5 Å². The molecule has 0 spiro atoms. The first kappa shape index (κ1) is 46.1. The number of ketones is 2. The highest BCUT2D eigenvalue weighted by molar-refractivity contribution is 6.34. The second-order valence-electron chi connectivity index (χ2n) is 17.4. The van der Waals surface area contributed by atoms with Crippen molar-refractivity contribution in [2.45, 2.75) is 24.7 Å². The minimum Gasteiger partial charge on any atom is -0.289 e. The molecule has 0 atom stereocenters. The van der Waals surface area contributed by atoms with Gasteiger partial charge in [0.05, 0.1) is 22.3 Å². The minimum absolute atomic E-state index is 0.124. The lowest BCUT2D eigenvalue weighted by atomic mass is 9.77. The molecule has 0 radical (unpaired) electrons. The molecule has 0 aliphatic heterocycles. The number of alkyl halides is 12. The highest BCUT2D eigenvalue weighted by Gasteiger charge is 2.36. The van der Waals surface area contributed by atoms with Crippen LogP contribution in [0.1, 0.15) is 54.1 Å². The third-order valence-corrected chi connectivity index (χ3v) is 13.3. The number of carbonyl (C=O) groups excluding carboxylic acids is 2. The lowest BCUT2D eigenvalue weighted by Gasteiger charge is -2.24. The molecule has 0 unspecified atom stereocenters. The van der Waals surface area contributed by atoms with E-state index in [0.29, 0.717) is 43.8 Å². The summed E-state index contributed by atoms with van der Waals surface area (Å²) in [6, 6.07) is 36.4. The second kappa shape index (κ2) is 16.1. The van der Waals surface area contributed by atoms with Crippen LogP contribution in [0.5, 0.6) is 0 Å². The highest BCUT2D eigenvalue weighted by Crippen LogP contribution is 2.50. The predicted octanol–water partition coefficient (Wildman–Crippen LogP) is 17.8. The van der Waals surface area contributed by atoms with E-state index in [0.717, 1.165) is 48.5 Å². The van der Waals surface area contributed by atoms with Crippen molar-refractivity contribution in [1.29, 1.82) is 0 Å². The molecule has 72 heavy (non-hydrogen) atoms. The monoisotopic (exact) mass is 984 g/mol. The van der Waals surface area contributed by atoms with Crippen LogP contribution in [0.25, 0.3) is 87.6 Å². The van der Waals surface area contributed by atoms with Gasteiger partial charge in [-0.25, -0.2) is 0 Å². The summed E-state index contributed by atoms with van der Waals surface area (Å²) in [4.78, 5) is 30.5. The largest absolute Gasteiger partial charge is 0.416 e. The van der Waals surface area contributed by atoms with E-state index in [9.17, 15) is 52.7 Å². The third kappa shape index (κ3) is 7.55. The Balaban J connectivity index is 1.21. The van der Waals surface area contributed by atoms with Gasteiger partial charge in [-0.15, -0.1) is 0 Å². The molecule has 1 aliphatic rings. The minimum atomic E-state index is -4.68. The van der Waals surface area contributed by atoms with E-state index in [-0.39, 0.29) is 66.1 Å². The van der Waals surface area contributed by atoms with Gasteiger partial charge < -0.3 is 0 Å². The van der Waals surface area contributed by atoms with Crippen LogP contribution in [-0.4, -0.2) is 11.6 Å². The molecule has 14 heteroatoms. The molecule has 11 rings (SSSR count). The summed E-state index contributed by atoms with van der Waals surface area (Å²) in [6.07, 6.45) is -18.7. The number of halogens is 12. The van der Waals surface area contributed by atoms with Crippen molar-refractivity contribution in [3.8, 4) is 44.5 Å². The Hall–Kier alpha value is -8.26. The molecule has 2 nitrogen and oxygen atoms in total. The van der Waals surface area contributed by atoms with Crippen molar-refractivity contribution >= 4 is 54.7 Å². The maximum absolute atomic E-state index is 15.2. The Morgan fingerprint density at radius 2 is 0.417 bits per heavy atom. The van der Waals surface area contributed by atoms with E-state index in [2.05, 4.69) is 0 Å². The smallest absolute Gasteiger partial charge is 0.289 e. The lowest BCUT2D eigenvalue weighted by Crippen LogP contribution is -2.21. The Labute approximate surface area is 399 Å². The molecular weight excluding hydrogens is 957 g/mol. The van der Waals surface area contributed by atoms with Crippen molar-refractivity contribution in [1.82, 2.24) is 0 Å². The van der Waals surface area contributed by atoms with Gasteiger partial charge in [-0.2, -0.15) is 52.7 Å². The molecule has 10 aromatic carbocycles. The summed E-state index contributed by atoms with van der Waals surface area (Å²) in [5, 5.41) is 2.94. The number of carbonyl (C=O) groups is 2. The SMILES string of the molecule is O=C1c2cc3c(-c4ccc(C(F)(F)F)cc4)c4ccccc4c(-c4ccc(C(F)(F)F)cc4)c3cc2C(=O)c2cc3c(-c4ccc(C(F)(F)F)cc4)c4ccccc4c(-c4ccc(C(F)(F)F)cc4)c3cc21. The van der Waals surface area contributed by atoms with Crippen LogP contribution in [0, 0.1) is 0 Å². The first-order valence-electron chi connectivity index (χ1n) is 21.9. The molecule has 0 amide bonds. The fourth-order valence-corrected chi connectivity index (χ4v) is 10.0. The fourth-order valence-electron chi connectivity index (χ4n) is 10.0. The maximum atomic E-state index is 15.2. The Kier molecular flexibility index (Phi) is 10.3. The Bertz CT molecular complexity index is 3390. The Morgan fingerprint density at radius 1 is 0.236 bits per heavy atom. The van der Waals surface area contributed by atoms with Crippen LogP contribution >= 0.6 is 0 Å². The maximum Gasteiger partial charge on any atom is 0.416 e. The molecule has 0 fully saturated rings. The molecule has 0 N–H and O–H groups in total. The Morgan fingerprint density at radius 3 is 0.583 bits per heavy atom. The summed E-state index contributed by atoms with van der Waals surface area (Å²) in [5.74, 6) is -1.37. The molecule has 0 heterocycles. The normalized spacial score (nSPS) is 13.3. The first-order chi connectivity index (χ1) is 34.1. The van der Waals surface area contributed by atoms with Crippen LogP contribution in [0.2, 0.25) is 0 Å². The molecule has 0 aromatic heterocycles. The predicted molar refractivity (Wildman–Crippen MR) is 252 cm³/mol. The van der Waals surface area contributed by atoms with Crippen LogP contribution in [0.4, 0.5) is 52.7 Å². The number of hydrogen-bond acceptors (Lipinski definition) is 2. The van der Waals surface area contributed by atoms with Crippen LogP contribution in [0.15, 0.2) is 170 Å². The van der Waals surface area contributed by atoms with E-state index < -0.39 is 58.5 Å². The quantitative estimate of drug-likeness (QED) is 0.130. The zero-order chi connectivity index (χ0) is 50.8. The van der Waals surface area contributed by atoms with Gasteiger partial charge in [0.25, 0.3) is 0 Å². The number of benzene rings is 10. The van der Waals surface area contributed by atoms with Gasteiger partial charge in [-0.1, -0.05) is 97.1 Å². The van der Waals surface area contributed by atoms with Gasteiger partial charge in [-0.3, -0.25) is 9.59 Å². The molecule has 0 bridgehead atoms. The lowest BCUT2D eigenvalue weighted by molar-refractivity contribution is -0.138. The van der Waals surface area contributed by atoms with E-state index in [1.165, 1.54) is 72.8 Å². The van der Waals surface area contributed by atoms with Crippen molar-refractivity contribution in [2.24, 2.45) is 0 Å². The van der Waals surface area contributed by atoms with E-state index >= 15 is 9.59 Å². The van der Waals surface area contributed by atoms with Gasteiger partial charge in [0.15, 0.2) is 11.6 Å². The van der Waals surface area contributed by atoms with E-state index in [1.807, 2.05) is 0 Å². The van der Waals surface area contributed by atoms with Gasteiger partial charge in [0.1, 0.15) is 0 Å². The van der Waals surface area contributed by atoms with Gasteiger partial charge in [0.2, 0.25) is 0 Å². The molecule has 0 saturated carbocycles. The zero-order valence-corrected chi connectivity index (χ0v) is 36.5. The molecule has 356 valence electrons. The van der Waals surface area contributed by atoms with Gasteiger partial charge in [0, 0.05) is 22.3 Å². The van der Waals surface area contributed by atoms with Crippen molar-refractivity contribution in [3.63, 3.8) is 0 Å². The summed E-state index contributed by atoms with van der Waals surface area (Å²) in [6.45, 7) is 0. The van der Waals surface area contributed by atoms with Crippen molar-refractivity contribution < 1.29 is 62.3 Å². The average Bonchev–Trinajstić information content (AvgIpc) is 3.34. The first-order valence-corrected chi connectivity index (χ1v) is 21.9. The van der Waals surface area contributed by atoms with Gasteiger partial charge >= 0.3 is 24.7 Å². The van der Waals surface area contributed by atoms with Crippen LogP contribution < -0.4 is 0 Å². The van der Waals surface area contributed by atoms with Crippen LogP contribution in [-0.2, 0) is 24.7 Å². The summed E-state index contributed by atoms with van der Waals surface area (Å²) in [5.41, 5.74) is -1.68. The standard InChI is InChI=1S/C58H28F12O2/c59-55(60,61)33-17-9-29(10-18-33)49-37-5-1-2-6-38(37)50(30-11-19-34(20-12-30)56(62,63)64)42-26-46-45(25-41(42)49)53(71)47-27-43-44(28-48(47)54(46)72)52(32-15-23-36(24-16-32)58(68,69)70)40-8-4-3-7-39(40)51(43)31-13-21-35(22-14-31)57(65,66)67/h1-28H. The molecule has 10 aromatic rings. The second-order valence-corrected chi connectivity index (χ2v) is 17.4. The summed E-state index contributed by atoms with van der Waals surface area (Å²) in [7, 11) is 0.